The van der Waals surface area contributed by atoms with Gasteiger partial charge in [0.2, 0.25) is 5.78 Å². The molecule has 0 fully saturated rings. The van der Waals surface area contributed by atoms with Crippen molar-refractivity contribution < 1.29 is 23.9 Å². The first-order valence-electron chi connectivity index (χ1n) is 9.42. The highest BCUT2D eigenvalue weighted by Gasteiger charge is 2.24. The van der Waals surface area contributed by atoms with Gasteiger partial charge in [0.25, 0.3) is 0 Å². The molecular formula is C22H22N2O5S. The van der Waals surface area contributed by atoms with Crippen LogP contribution in [0.5, 0.6) is 0 Å². The molecule has 0 spiro atoms. The number of rotatable bonds is 7. The highest BCUT2D eigenvalue weighted by atomic mass is 32.1. The molecule has 0 bridgehead atoms. The molecule has 0 aliphatic rings. The second-order valence-electron chi connectivity index (χ2n) is 6.64. The lowest BCUT2D eigenvalue weighted by Gasteiger charge is -2.04. The third kappa shape index (κ3) is 4.33. The number of benzene rings is 1. The molecule has 0 aliphatic carbocycles. The summed E-state index contributed by atoms with van der Waals surface area (Å²) in [6.07, 6.45) is 0. The van der Waals surface area contributed by atoms with Crippen LogP contribution in [0.4, 0.5) is 0 Å². The number of hydrogen-bond donors (Lipinski definition) is 1. The molecular weight excluding hydrogens is 404 g/mol. The summed E-state index contributed by atoms with van der Waals surface area (Å²) in [7, 11) is 0. The number of Topliss-reactive ketones (excluding diaryl/α,β-unsaturated/α-hetero) is 1. The first-order valence-corrected chi connectivity index (χ1v) is 10.2. The molecule has 2 aromatic heterocycles. The van der Waals surface area contributed by atoms with E-state index in [1.54, 1.807) is 27.7 Å². The van der Waals surface area contributed by atoms with E-state index in [1.165, 1.54) is 11.3 Å². The number of H-pyrrole nitrogens is 1. The number of aromatic nitrogens is 2. The summed E-state index contributed by atoms with van der Waals surface area (Å²) in [5.74, 6) is -1.52. The van der Waals surface area contributed by atoms with Crippen molar-refractivity contribution in [3.63, 3.8) is 0 Å². The molecule has 30 heavy (non-hydrogen) atoms. The zero-order chi connectivity index (χ0) is 21.8. The fourth-order valence-electron chi connectivity index (χ4n) is 3.10. The smallest absolute Gasteiger partial charge is 0.350 e. The Morgan fingerprint density at radius 3 is 2.40 bits per heavy atom. The van der Waals surface area contributed by atoms with Crippen LogP contribution in [0.15, 0.2) is 30.3 Å². The third-order valence-corrected chi connectivity index (χ3v) is 5.72. The van der Waals surface area contributed by atoms with Gasteiger partial charge in [0.15, 0.2) is 6.61 Å². The van der Waals surface area contributed by atoms with Gasteiger partial charge in [-0.05, 0) is 33.3 Å². The van der Waals surface area contributed by atoms with Crippen molar-refractivity contribution in [1.82, 2.24) is 9.97 Å². The number of ether oxygens (including phenoxy) is 2. The minimum absolute atomic E-state index is 0.231. The third-order valence-electron chi connectivity index (χ3n) is 4.53. The lowest BCUT2D eigenvalue weighted by molar-refractivity contribution is 0.0476. The van der Waals surface area contributed by atoms with E-state index in [-0.39, 0.29) is 12.3 Å². The van der Waals surface area contributed by atoms with Crippen LogP contribution in [0.25, 0.3) is 10.6 Å². The van der Waals surface area contributed by atoms with Crippen molar-refractivity contribution in [3.8, 4) is 10.6 Å². The summed E-state index contributed by atoms with van der Waals surface area (Å²) in [6, 6.07) is 9.52. The van der Waals surface area contributed by atoms with Crippen LogP contribution >= 0.6 is 11.3 Å². The molecule has 8 heteroatoms. The maximum atomic E-state index is 12.6. The Balaban J connectivity index is 1.71. The molecule has 0 saturated heterocycles. The summed E-state index contributed by atoms with van der Waals surface area (Å²) in [5.41, 5.74) is 3.03. The molecule has 0 radical (unpaired) electrons. The number of aryl methyl sites for hydroxylation is 2. The SMILES string of the molecule is CCOC(=O)c1c(C)[nH]c(C(=O)COC(=O)c2sc(-c3ccccc3)nc2C)c1C. The van der Waals surface area contributed by atoms with E-state index < -0.39 is 24.3 Å². The van der Waals surface area contributed by atoms with Gasteiger partial charge in [0.1, 0.15) is 9.88 Å². The van der Waals surface area contributed by atoms with Crippen molar-refractivity contribution in [1.29, 1.82) is 0 Å². The number of carbonyl (C=O) groups excluding carboxylic acids is 3. The van der Waals surface area contributed by atoms with Gasteiger partial charge in [-0.2, -0.15) is 0 Å². The lowest BCUT2D eigenvalue weighted by Crippen LogP contribution is -2.15. The van der Waals surface area contributed by atoms with Crippen molar-refractivity contribution in [2.24, 2.45) is 0 Å². The van der Waals surface area contributed by atoms with Gasteiger partial charge in [0.05, 0.1) is 23.6 Å². The Labute approximate surface area is 178 Å². The summed E-state index contributed by atoms with van der Waals surface area (Å²) in [6.45, 7) is 6.58. The van der Waals surface area contributed by atoms with Gasteiger partial charge in [-0.1, -0.05) is 30.3 Å². The zero-order valence-electron chi connectivity index (χ0n) is 17.2. The summed E-state index contributed by atoms with van der Waals surface area (Å²) in [4.78, 5) is 44.9. The molecule has 3 rings (SSSR count). The lowest BCUT2D eigenvalue weighted by atomic mass is 10.1. The van der Waals surface area contributed by atoms with E-state index in [2.05, 4.69) is 9.97 Å². The van der Waals surface area contributed by atoms with Gasteiger partial charge >= 0.3 is 11.9 Å². The fraction of sp³-hybridized carbons (Fsp3) is 0.273. The van der Waals surface area contributed by atoms with Crippen molar-refractivity contribution in [3.05, 3.63) is 63.4 Å². The molecule has 156 valence electrons. The summed E-state index contributed by atoms with van der Waals surface area (Å²) >= 11 is 1.22. The average Bonchev–Trinajstić information content (AvgIpc) is 3.26. The molecule has 7 nitrogen and oxygen atoms in total. The molecule has 1 N–H and O–H groups in total. The Morgan fingerprint density at radius 1 is 1.03 bits per heavy atom. The molecule has 0 saturated carbocycles. The van der Waals surface area contributed by atoms with Crippen LogP contribution in [-0.4, -0.2) is 40.9 Å². The molecule has 0 unspecified atom stereocenters. The maximum Gasteiger partial charge on any atom is 0.350 e. The second kappa shape index (κ2) is 9.04. The molecule has 0 atom stereocenters. The first kappa shape index (κ1) is 21.4. The fourth-order valence-corrected chi connectivity index (χ4v) is 4.06. The van der Waals surface area contributed by atoms with Crippen LogP contribution in [0, 0.1) is 20.8 Å². The first-order chi connectivity index (χ1) is 14.3. The summed E-state index contributed by atoms with van der Waals surface area (Å²) < 4.78 is 10.3. The van der Waals surface area contributed by atoms with Crippen molar-refractivity contribution >= 4 is 29.1 Å². The Kier molecular flexibility index (Phi) is 6.47. The predicted octanol–water partition coefficient (Wildman–Crippen LogP) is 4.28. The Bertz CT molecular complexity index is 1100. The molecule has 2 heterocycles. The van der Waals surface area contributed by atoms with Gasteiger partial charge in [0, 0.05) is 11.3 Å². The van der Waals surface area contributed by atoms with Crippen LogP contribution in [0.3, 0.4) is 0 Å². The van der Waals surface area contributed by atoms with E-state index in [1.807, 2.05) is 30.3 Å². The van der Waals surface area contributed by atoms with Gasteiger partial charge in [-0.15, -0.1) is 11.3 Å². The quantitative estimate of drug-likeness (QED) is 0.447. The highest BCUT2D eigenvalue weighted by Crippen LogP contribution is 2.28. The Morgan fingerprint density at radius 2 is 1.73 bits per heavy atom. The monoisotopic (exact) mass is 426 g/mol. The Hall–Kier alpha value is -3.26. The number of ketones is 1. The number of esters is 2. The zero-order valence-corrected chi connectivity index (χ0v) is 18.0. The number of carbonyl (C=O) groups is 3. The van der Waals surface area contributed by atoms with E-state index in [0.29, 0.717) is 32.4 Å². The van der Waals surface area contributed by atoms with Crippen molar-refractivity contribution in [2.45, 2.75) is 27.7 Å². The van der Waals surface area contributed by atoms with Gasteiger partial charge in [-0.25, -0.2) is 14.6 Å². The second-order valence-corrected chi connectivity index (χ2v) is 7.64. The minimum Gasteiger partial charge on any atom is -0.462 e. The number of hydrogen-bond acceptors (Lipinski definition) is 7. The van der Waals surface area contributed by atoms with Crippen molar-refractivity contribution in [2.75, 3.05) is 13.2 Å². The van der Waals surface area contributed by atoms with Crippen LogP contribution in [0.1, 0.15) is 54.4 Å². The van der Waals surface area contributed by atoms with E-state index in [9.17, 15) is 14.4 Å². The van der Waals surface area contributed by atoms with Crippen LogP contribution in [-0.2, 0) is 9.47 Å². The molecule has 0 aliphatic heterocycles. The van der Waals surface area contributed by atoms with Gasteiger partial charge < -0.3 is 14.5 Å². The van der Waals surface area contributed by atoms with Gasteiger partial charge in [-0.3, -0.25) is 4.79 Å². The molecule has 0 amide bonds. The summed E-state index contributed by atoms with van der Waals surface area (Å²) in [5, 5.41) is 0.710. The number of thiazole rings is 1. The normalized spacial score (nSPS) is 10.7. The molecule has 3 aromatic rings. The van der Waals surface area contributed by atoms with E-state index in [4.69, 9.17) is 9.47 Å². The largest absolute Gasteiger partial charge is 0.462 e. The maximum absolute atomic E-state index is 12.6. The van der Waals surface area contributed by atoms with E-state index in [0.717, 1.165) is 5.56 Å². The standard InChI is InChI=1S/C22H22N2O5S/c1-5-28-21(26)17-12(2)18(23-13(17)3)16(25)11-29-22(27)19-14(4)24-20(30-19)15-9-7-6-8-10-15/h6-10,23H,5,11H2,1-4H3. The topological polar surface area (TPSA) is 98.4 Å². The molecule has 1 aromatic carbocycles. The average molecular weight is 426 g/mol. The van der Waals surface area contributed by atoms with E-state index >= 15 is 0 Å². The number of nitrogens with zero attached hydrogens (tertiary/aromatic N) is 1. The highest BCUT2D eigenvalue weighted by molar-refractivity contribution is 7.17. The minimum atomic E-state index is -0.605. The predicted molar refractivity (Wildman–Crippen MR) is 113 cm³/mol. The number of aromatic amines is 1. The van der Waals surface area contributed by atoms with Crippen LogP contribution < -0.4 is 0 Å². The van der Waals surface area contributed by atoms with Crippen LogP contribution in [0.2, 0.25) is 0 Å². The number of nitrogens with one attached hydrogen (secondary N) is 1.